The van der Waals surface area contributed by atoms with Crippen molar-refractivity contribution in [2.24, 2.45) is 5.92 Å². The van der Waals surface area contributed by atoms with Crippen LogP contribution >= 0.6 is 0 Å². The van der Waals surface area contributed by atoms with Crippen molar-refractivity contribution in [2.45, 2.75) is 25.6 Å². The van der Waals surface area contributed by atoms with Gasteiger partial charge in [0, 0.05) is 18.1 Å². The van der Waals surface area contributed by atoms with Crippen LogP contribution in [0.3, 0.4) is 0 Å². The molecule has 0 atom stereocenters. The topological polar surface area (TPSA) is 80.9 Å². The lowest BCUT2D eigenvalue weighted by atomic mass is 10.1. The van der Waals surface area contributed by atoms with E-state index >= 15 is 0 Å². The number of fused-ring (bicyclic) bond motifs is 3. The number of alkyl halides is 3. The molecule has 3 heterocycles. The Hall–Kier alpha value is -3.17. The van der Waals surface area contributed by atoms with Crippen LogP contribution in [0.1, 0.15) is 18.4 Å². The van der Waals surface area contributed by atoms with Gasteiger partial charge < -0.3 is 4.98 Å². The summed E-state index contributed by atoms with van der Waals surface area (Å²) in [5, 5.41) is 8.60. The molecule has 1 saturated carbocycles. The van der Waals surface area contributed by atoms with Gasteiger partial charge in [0.25, 0.3) is 0 Å². The monoisotopic (exact) mass is 374 g/mol. The lowest BCUT2D eigenvalue weighted by Crippen LogP contribution is -2.19. The number of aromatic nitrogens is 6. The third-order valence-corrected chi connectivity index (χ3v) is 4.68. The van der Waals surface area contributed by atoms with Crippen molar-refractivity contribution in [3.63, 3.8) is 0 Å². The van der Waals surface area contributed by atoms with E-state index in [2.05, 4.69) is 20.2 Å². The zero-order valence-corrected chi connectivity index (χ0v) is 13.9. The number of rotatable bonds is 3. The third-order valence-electron chi connectivity index (χ3n) is 4.68. The first-order chi connectivity index (χ1) is 12.9. The Balaban J connectivity index is 1.68. The fourth-order valence-corrected chi connectivity index (χ4v) is 3.16. The maximum Gasteiger partial charge on any atom is 0.418 e. The minimum absolute atomic E-state index is 0.0739. The molecule has 0 amide bonds. The Morgan fingerprint density at radius 3 is 2.81 bits per heavy atom. The lowest BCUT2D eigenvalue weighted by Gasteiger charge is -2.09. The van der Waals surface area contributed by atoms with Crippen molar-refractivity contribution in [2.75, 3.05) is 0 Å². The largest absolute Gasteiger partial charge is 0.418 e. The van der Waals surface area contributed by atoms with Gasteiger partial charge in [0.2, 0.25) is 0 Å². The SMILES string of the molecule is O=c1[nH]c2c(C(F)(F)F)cccc2c2nc(-c3cnn(CC4CC4)c3)nn12. The highest BCUT2D eigenvalue weighted by atomic mass is 19.4. The molecule has 0 radical (unpaired) electrons. The first kappa shape index (κ1) is 16.0. The molecule has 0 aliphatic heterocycles. The molecule has 0 bridgehead atoms. The maximum atomic E-state index is 13.3. The second kappa shape index (κ2) is 5.41. The maximum absolute atomic E-state index is 13.3. The third kappa shape index (κ3) is 2.68. The molecule has 7 nitrogen and oxygen atoms in total. The van der Waals surface area contributed by atoms with E-state index in [4.69, 9.17) is 0 Å². The number of benzene rings is 1. The number of para-hydroxylation sites is 1. The number of H-pyrrole nitrogens is 1. The first-order valence-corrected chi connectivity index (χ1v) is 8.42. The van der Waals surface area contributed by atoms with Gasteiger partial charge in [0.05, 0.1) is 22.8 Å². The van der Waals surface area contributed by atoms with Crippen LogP contribution in [0.25, 0.3) is 27.9 Å². The molecule has 4 aromatic rings. The average molecular weight is 374 g/mol. The molecule has 138 valence electrons. The number of halogens is 3. The van der Waals surface area contributed by atoms with Gasteiger partial charge in [-0.1, -0.05) is 6.07 Å². The van der Waals surface area contributed by atoms with Crippen LogP contribution in [0.2, 0.25) is 0 Å². The van der Waals surface area contributed by atoms with Crippen molar-refractivity contribution in [1.29, 1.82) is 0 Å². The molecule has 0 saturated heterocycles. The summed E-state index contributed by atoms with van der Waals surface area (Å²) >= 11 is 0. The molecule has 1 fully saturated rings. The van der Waals surface area contributed by atoms with Crippen molar-refractivity contribution in [1.82, 2.24) is 29.4 Å². The van der Waals surface area contributed by atoms with Crippen LogP contribution < -0.4 is 5.69 Å². The minimum Gasteiger partial charge on any atom is -0.305 e. The average Bonchev–Trinajstić information content (AvgIpc) is 3.12. The van der Waals surface area contributed by atoms with Gasteiger partial charge in [-0.15, -0.1) is 5.10 Å². The van der Waals surface area contributed by atoms with Crippen molar-refractivity contribution < 1.29 is 13.2 Å². The summed E-state index contributed by atoms with van der Waals surface area (Å²) in [6.07, 6.45) is 1.16. The predicted molar refractivity (Wildman–Crippen MR) is 90.1 cm³/mol. The van der Waals surface area contributed by atoms with Crippen LogP contribution in [0.5, 0.6) is 0 Å². The lowest BCUT2D eigenvalue weighted by molar-refractivity contribution is -0.136. The Kier molecular flexibility index (Phi) is 3.22. The van der Waals surface area contributed by atoms with Gasteiger partial charge in [-0.3, -0.25) is 4.68 Å². The van der Waals surface area contributed by atoms with E-state index in [1.807, 2.05) is 0 Å². The summed E-state index contributed by atoms with van der Waals surface area (Å²) < 4.78 is 42.5. The highest BCUT2D eigenvalue weighted by Crippen LogP contribution is 2.34. The normalized spacial score (nSPS) is 15.1. The zero-order chi connectivity index (χ0) is 18.8. The second-order valence-corrected chi connectivity index (χ2v) is 6.72. The molecule has 0 spiro atoms. The summed E-state index contributed by atoms with van der Waals surface area (Å²) in [6.45, 7) is 0.811. The van der Waals surface area contributed by atoms with Gasteiger partial charge in [-0.05, 0) is 30.9 Å². The molecule has 1 aliphatic carbocycles. The molecule has 0 unspecified atom stereocenters. The number of hydrogen-bond donors (Lipinski definition) is 1. The van der Waals surface area contributed by atoms with Gasteiger partial charge in [-0.25, -0.2) is 9.78 Å². The van der Waals surface area contributed by atoms with Gasteiger partial charge in [0.1, 0.15) is 0 Å². The van der Waals surface area contributed by atoms with Crippen LogP contribution in [-0.4, -0.2) is 29.4 Å². The summed E-state index contributed by atoms with van der Waals surface area (Å²) in [5.41, 5.74) is -1.31. The quantitative estimate of drug-likeness (QED) is 0.598. The fraction of sp³-hybridized carbons (Fsp3) is 0.294. The van der Waals surface area contributed by atoms with E-state index in [0.717, 1.165) is 17.1 Å². The van der Waals surface area contributed by atoms with E-state index < -0.39 is 17.4 Å². The number of hydrogen-bond acceptors (Lipinski definition) is 4. The molecule has 1 N–H and O–H groups in total. The number of nitrogens with one attached hydrogen (secondary N) is 1. The standard InChI is InChI=1S/C17H13F3N6O/c18-17(19,20)12-3-1-2-11-13(12)22-16(27)26-15(11)23-14(24-26)10-6-21-25(8-10)7-9-4-5-9/h1-3,6,8-9H,4-5,7H2,(H,22,27). The van der Waals surface area contributed by atoms with Crippen LogP contribution in [0.15, 0.2) is 35.4 Å². The first-order valence-electron chi connectivity index (χ1n) is 8.42. The molecule has 5 rings (SSSR count). The van der Waals surface area contributed by atoms with E-state index in [0.29, 0.717) is 11.5 Å². The Labute approximate surface area is 149 Å². The Bertz CT molecular complexity index is 1230. The minimum atomic E-state index is -4.59. The Morgan fingerprint density at radius 2 is 2.07 bits per heavy atom. The highest BCUT2D eigenvalue weighted by Gasteiger charge is 2.33. The summed E-state index contributed by atoms with van der Waals surface area (Å²) in [5.74, 6) is 0.881. The fourth-order valence-electron chi connectivity index (χ4n) is 3.16. The van der Waals surface area contributed by atoms with E-state index in [1.54, 1.807) is 17.1 Å². The van der Waals surface area contributed by atoms with Crippen LogP contribution in [0, 0.1) is 5.92 Å². The van der Waals surface area contributed by atoms with E-state index in [1.165, 1.54) is 25.0 Å². The predicted octanol–water partition coefficient (Wildman–Crippen LogP) is 2.86. The highest BCUT2D eigenvalue weighted by molar-refractivity contribution is 5.93. The number of nitrogens with zero attached hydrogens (tertiary/aromatic N) is 5. The molecule has 10 heteroatoms. The van der Waals surface area contributed by atoms with E-state index in [-0.39, 0.29) is 22.4 Å². The zero-order valence-electron chi connectivity index (χ0n) is 13.9. The van der Waals surface area contributed by atoms with Crippen molar-refractivity contribution in [3.05, 3.63) is 46.6 Å². The van der Waals surface area contributed by atoms with Gasteiger partial charge in [-0.2, -0.15) is 22.8 Å². The molecule has 3 aromatic heterocycles. The summed E-state index contributed by atoms with van der Waals surface area (Å²) in [4.78, 5) is 18.9. The van der Waals surface area contributed by atoms with Crippen molar-refractivity contribution >= 4 is 16.6 Å². The van der Waals surface area contributed by atoms with Gasteiger partial charge in [0.15, 0.2) is 11.5 Å². The molecule has 1 aliphatic rings. The van der Waals surface area contributed by atoms with Gasteiger partial charge >= 0.3 is 11.9 Å². The summed E-state index contributed by atoms with van der Waals surface area (Å²) in [7, 11) is 0. The summed E-state index contributed by atoms with van der Waals surface area (Å²) in [6, 6.07) is 3.68. The number of aromatic amines is 1. The smallest absolute Gasteiger partial charge is 0.305 e. The van der Waals surface area contributed by atoms with Crippen molar-refractivity contribution in [3.8, 4) is 11.4 Å². The van der Waals surface area contributed by atoms with Crippen LogP contribution in [-0.2, 0) is 12.7 Å². The van der Waals surface area contributed by atoms with E-state index in [9.17, 15) is 18.0 Å². The molecule has 1 aromatic carbocycles. The molecular weight excluding hydrogens is 361 g/mol. The molecule has 27 heavy (non-hydrogen) atoms. The second-order valence-electron chi connectivity index (χ2n) is 6.72. The Morgan fingerprint density at radius 1 is 1.26 bits per heavy atom. The molecular formula is C17H13F3N6O. The van der Waals surface area contributed by atoms with Crippen LogP contribution in [0.4, 0.5) is 13.2 Å².